The molecule has 2 N–H and O–H groups in total. The van der Waals surface area contributed by atoms with E-state index in [4.69, 9.17) is 10.2 Å². The van der Waals surface area contributed by atoms with Crippen molar-refractivity contribution < 1.29 is 24.6 Å². The molecule has 1 atom stereocenters. The number of hydrogen-bond donors (Lipinski definition) is 2. The van der Waals surface area contributed by atoms with E-state index < -0.39 is 17.9 Å². The van der Waals surface area contributed by atoms with Crippen LogP contribution in [0.5, 0.6) is 0 Å². The molecule has 1 aromatic carbocycles. The van der Waals surface area contributed by atoms with Crippen LogP contribution >= 0.6 is 0 Å². The summed E-state index contributed by atoms with van der Waals surface area (Å²) in [4.78, 5) is 36.0. The minimum atomic E-state index is -1.41. The van der Waals surface area contributed by atoms with Gasteiger partial charge in [0.15, 0.2) is 5.92 Å². The Kier molecular flexibility index (Phi) is 5.14. The average Bonchev–Trinajstić information content (AvgIpc) is 2.95. The van der Waals surface area contributed by atoms with E-state index in [2.05, 4.69) is 0 Å². The van der Waals surface area contributed by atoms with E-state index in [1.165, 1.54) is 0 Å². The summed E-state index contributed by atoms with van der Waals surface area (Å²) in [5, 5.41) is 17.8. The molecule has 2 rings (SSSR count). The first kappa shape index (κ1) is 16.0. The number of carbonyl (C=O) groups is 3. The molecule has 0 radical (unpaired) electrons. The van der Waals surface area contributed by atoms with Gasteiger partial charge in [-0.25, -0.2) is 0 Å². The zero-order valence-electron chi connectivity index (χ0n) is 12.1. The number of benzene rings is 1. The van der Waals surface area contributed by atoms with Crippen molar-refractivity contribution in [3.63, 3.8) is 0 Å². The van der Waals surface area contributed by atoms with E-state index in [9.17, 15) is 14.4 Å². The number of aliphatic carboxylic acids is 2. The Morgan fingerprint density at radius 2 is 1.77 bits per heavy atom. The standard InChI is InChI=1S/C16H19NO5/c18-14(11-5-2-1-3-6-11)17-10-4-7-12(17)8-9-13(15(19)20)16(21)22/h1-3,5-6,12-13H,4,7-10H2,(H,19,20)(H,21,22). The Balaban J connectivity index is 2.00. The van der Waals surface area contributed by atoms with Crippen molar-refractivity contribution in [3.8, 4) is 0 Å². The lowest BCUT2D eigenvalue weighted by molar-refractivity contribution is -0.154. The van der Waals surface area contributed by atoms with Gasteiger partial charge in [-0.05, 0) is 37.8 Å². The summed E-state index contributed by atoms with van der Waals surface area (Å²) in [6.45, 7) is 0.628. The van der Waals surface area contributed by atoms with Crippen LogP contribution in [0.3, 0.4) is 0 Å². The van der Waals surface area contributed by atoms with Gasteiger partial charge in [0.05, 0.1) is 0 Å². The molecule has 22 heavy (non-hydrogen) atoms. The van der Waals surface area contributed by atoms with E-state index in [0.717, 1.165) is 12.8 Å². The first-order valence-electron chi connectivity index (χ1n) is 7.32. The number of carbonyl (C=O) groups excluding carboxylic acids is 1. The largest absolute Gasteiger partial charge is 0.481 e. The van der Waals surface area contributed by atoms with Crippen molar-refractivity contribution in [1.82, 2.24) is 4.90 Å². The molecule has 6 heteroatoms. The van der Waals surface area contributed by atoms with Crippen LogP contribution in [-0.2, 0) is 9.59 Å². The Hall–Kier alpha value is -2.37. The maximum atomic E-state index is 12.5. The van der Waals surface area contributed by atoms with E-state index in [1.807, 2.05) is 6.07 Å². The van der Waals surface area contributed by atoms with E-state index in [1.54, 1.807) is 29.2 Å². The molecular weight excluding hydrogens is 286 g/mol. The van der Waals surface area contributed by atoms with Crippen molar-refractivity contribution in [3.05, 3.63) is 35.9 Å². The highest BCUT2D eigenvalue weighted by Gasteiger charge is 2.32. The molecule has 1 amide bonds. The van der Waals surface area contributed by atoms with Crippen molar-refractivity contribution in [2.45, 2.75) is 31.7 Å². The van der Waals surface area contributed by atoms with Gasteiger partial charge < -0.3 is 15.1 Å². The van der Waals surface area contributed by atoms with Crippen LogP contribution in [0.15, 0.2) is 30.3 Å². The molecule has 0 aromatic heterocycles. The fourth-order valence-corrected chi connectivity index (χ4v) is 2.86. The lowest BCUT2D eigenvalue weighted by Gasteiger charge is -2.25. The van der Waals surface area contributed by atoms with Gasteiger partial charge in [-0.2, -0.15) is 0 Å². The van der Waals surface area contributed by atoms with Crippen molar-refractivity contribution in [2.24, 2.45) is 5.92 Å². The second kappa shape index (κ2) is 7.06. The first-order chi connectivity index (χ1) is 10.5. The molecule has 0 saturated carbocycles. The summed E-state index contributed by atoms with van der Waals surface area (Å²) < 4.78 is 0. The number of hydrogen-bond acceptors (Lipinski definition) is 3. The summed E-state index contributed by atoms with van der Waals surface area (Å²) in [5.41, 5.74) is 0.599. The first-order valence-corrected chi connectivity index (χ1v) is 7.32. The Labute approximate surface area is 128 Å². The van der Waals surface area contributed by atoms with E-state index in [0.29, 0.717) is 18.5 Å². The minimum absolute atomic E-state index is 0.0356. The molecular formula is C16H19NO5. The van der Waals surface area contributed by atoms with Crippen LogP contribution in [-0.4, -0.2) is 45.5 Å². The predicted molar refractivity (Wildman–Crippen MR) is 78.5 cm³/mol. The normalized spacial score (nSPS) is 17.7. The molecule has 1 unspecified atom stereocenters. The van der Waals surface area contributed by atoms with Crippen LogP contribution in [0.4, 0.5) is 0 Å². The van der Waals surface area contributed by atoms with Crippen LogP contribution < -0.4 is 0 Å². The molecule has 1 aromatic rings. The fraction of sp³-hybridized carbons (Fsp3) is 0.438. The highest BCUT2D eigenvalue weighted by molar-refractivity contribution is 5.94. The van der Waals surface area contributed by atoms with E-state index in [-0.39, 0.29) is 18.4 Å². The van der Waals surface area contributed by atoms with Crippen LogP contribution in [0.1, 0.15) is 36.0 Å². The number of likely N-dealkylation sites (tertiary alicyclic amines) is 1. The fourth-order valence-electron chi connectivity index (χ4n) is 2.86. The van der Waals surface area contributed by atoms with Gasteiger partial charge >= 0.3 is 11.9 Å². The van der Waals surface area contributed by atoms with Crippen molar-refractivity contribution in [1.29, 1.82) is 0 Å². The van der Waals surface area contributed by atoms with E-state index >= 15 is 0 Å². The van der Waals surface area contributed by atoms with Gasteiger partial charge in [0, 0.05) is 18.2 Å². The van der Waals surface area contributed by atoms with Gasteiger partial charge in [-0.3, -0.25) is 14.4 Å². The van der Waals surface area contributed by atoms with Crippen LogP contribution in [0.2, 0.25) is 0 Å². The number of carboxylic acids is 2. The molecule has 1 fully saturated rings. The third-order valence-electron chi connectivity index (χ3n) is 4.04. The number of rotatable bonds is 6. The quantitative estimate of drug-likeness (QED) is 0.782. The molecule has 6 nitrogen and oxygen atoms in total. The summed E-state index contributed by atoms with van der Waals surface area (Å²) in [5.74, 6) is -4.14. The van der Waals surface area contributed by atoms with Crippen LogP contribution in [0, 0.1) is 5.92 Å². The average molecular weight is 305 g/mol. The molecule has 118 valence electrons. The number of carboxylic acid groups (broad SMARTS) is 2. The molecule has 0 aliphatic carbocycles. The lowest BCUT2D eigenvalue weighted by Crippen LogP contribution is -2.36. The molecule has 1 aliphatic heterocycles. The topological polar surface area (TPSA) is 94.9 Å². The maximum Gasteiger partial charge on any atom is 0.317 e. The monoisotopic (exact) mass is 305 g/mol. The van der Waals surface area contributed by atoms with Gasteiger partial charge in [0.2, 0.25) is 0 Å². The summed E-state index contributed by atoms with van der Waals surface area (Å²) >= 11 is 0. The molecule has 1 saturated heterocycles. The van der Waals surface area contributed by atoms with Gasteiger partial charge in [0.25, 0.3) is 5.91 Å². The van der Waals surface area contributed by atoms with Gasteiger partial charge in [0.1, 0.15) is 0 Å². The van der Waals surface area contributed by atoms with Crippen molar-refractivity contribution in [2.75, 3.05) is 6.54 Å². The minimum Gasteiger partial charge on any atom is -0.481 e. The Morgan fingerprint density at radius 1 is 1.14 bits per heavy atom. The summed E-state index contributed by atoms with van der Waals surface area (Å²) in [6.07, 6.45) is 2.06. The van der Waals surface area contributed by atoms with Crippen LogP contribution in [0.25, 0.3) is 0 Å². The van der Waals surface area contributed by atoms with Gasteiger partial charge in [-0.1, -0.05) is 18.2 Å². The second-order valence-electron chi connectivity index (χ2n) is 5.47. The Bertz CT molecular complexity index is 543. The van der Waals surface area contributed by atoms with Gasteiger partial charge in [-0.15, -0.1) is 0 Å². The molecule has 0 bridgehead atoms. The number of nitrogens with zero attached hydrogens (tertiary/aromatic N) is 1. The predicted octanol–water partition coefficient (Wildman–Crippen LogP) is 1.86. The molecule has 1 aliphatic rings. The maximum absolute atomic E-state index is 12.5. The third-order valence-corrected chi connectivity index (χ3v) is 4.04. The second-order valence-corrected chi connectivity index (χ2v) is 5.47. The zero-order chi connectivity index (χ0) is 16.1. The zero-order valence-corrected chi connectivity index (χ0v) is 12.1. The highest BCUT2D eigenvalue weighted by Crippen LogP contribution is 2.25. The highest BCUT2D eigenvalue weighted by atomic mass is 16.4. The Morgan fingerprint density at radius 3 is 2.36 bits per heavy atom. The molecule has 0 spiro atoms. The summed E-state index contributed by atoms with van der Waals surface area (Å²) in [7, 11) is 0. The third kappa shape index (κ3) is 3.63. The molecule has 1 heterocycles. The lowest BCUT2D eigenvalue weighted by atomic mass is 9.98. The summed E-state index contributed by atoms with van der Waals surface area (Å²) in [6, 6.07) is 8.83. The smallest absolute Gasteiger partial charge is 0.317 e. The SMILES string of the molecule is O=C(O)C(CCC1CCCN1C(=O)c1ccccc1)C(=O)O. The number of amides is 1. The van der Waals surface area contributed by atoms with Crippen molar-refractivity contribution >= 4 is 17.8 Å².